The molecular weight excluding hydrogens is 241 g/mol. The van der Waals surface area contributed by atoms with Gasteiger partial charge in [0.2, 0.25) is 0 Å². The van der Waals surface area contributed by atoms with E-state index >= 15 is 0 Å². The molecule has 0 aromatic heterocycles. The summed E-state index contributed by atoms with van der Waals surface area (Å²) in [6.45, 7) is 2.12. The molecule has 0 fully saturated rings. The maximum atomic E-state index is 13.0. The Hall–Kier alpha value is -1.07. The summed E-state index contributed by atoms with van der Waals surface area (Å²) in [6.07, 6.45) is 0.0656. The van der Waals surface area contributed by atoms with Gasteiger partial charge in [0, 0.05) is 24.1 Å². The standard InChI is InChI=1S/C12H16FNO2S/c1-8(15)5-6-14(2)12(16)9-3-4-10(13)11(17)7-9/h3-4,7-8,15,17H,5-6H2,1-2H3. The van der Waals surface area contributed by atoms with Crippen molar-refractivity contribution in [3.63, 3.8) is 0 Å². The second kappa shape index (κ2) is 6.02. The van der Waals surface area contributed by atoms with Crippen LogP contribution in [0, 0.1) is 5.82 Å². The largest absolute Gasteiger partial charge is 0.393 e. The first-order chi connectivity index (χ1) is 7.91. The van der Waals surface area contributed by atoms with Crippen LogP contribution in [0.4, 0.5) is 4.39 Å². The molecule has 1 unspecified atom stereocenters. The minimum Gasteiger partial charge on any atom is -0.393 e. The van der Waals surface area contributed by atoms with Gasteiger partial charge < -0.3 is 10.0 Å². The van der Waals surface area contributed by atoms with Crippen molar-refractivity contribution >= 4 is 18.5 Å². The quantitative estimate of drug-likeness (QED) is 0.810. The molecule has 1 amide bonds. The number of halogens is 1. The van der Waals surface area contributed by atoms with Gasteiger partial charge in [0.05, 0.1) is 6.10 Å². The number of hydrogen-bond acceptors (Lipinski definition) is 3. The fourth-order valence-corrected chi connectivity index (χ4v) is 1.56. The molecule has 17 heavy (non-hydrogen) atoms. The summed E-state index contributed by atoms with van der Waals surface area (Å²) >= 11 is 3.93. The summed E-state index contributed by atoms with van der Waals surface area (Å²) in [4.78, 5) is 13.6. The van der Waals surface area contributed by atoms with Gasteiger partial charge in [0.15, 0.2) is 0 Å². The van der Waals surface area contributed by atoms with Gasteiger partial charge >= 0.3 is 0 Å². The van der Waals surface area contributed by atoms with Gasteiger partial charge in [-0.2, -0.15) is 0 Å². The van der Waals surface area contributed by atoms with E-state index in [1.54, 1.807) is 14.0 Å². The fourth-order valence-electron chi connectivity index (χ4n) is 1.35. The van der Waals surface area contributed by atoms with Gasteiger partial charge in [0.25, 0.3) is 5.91 Å². The molecule has 0 aliphatic carbocycles. The first-order valence-corrected chi connectivity index (χ1v) is 5.78. The third kappa shape index (κ3) is 4.02. The summed E-state index contributed by atoms with van der Waals surface area (Å²) in [5, 5.41) is 9.13. The molecule has 0 saturated heterocycles. The van der Waals surface area contributed by atoms with Crippen molar-refractivity contribution in [2.24, 2.45) is 0 Å². The molecule has 0 aliphatic heterocycles. The maximum Gasteiger partial charge on any atom is 0.253 e. The number of aliphatic hydroxyl groups excluding tert-OH is 1. The Morgan fingerprint density at radius 2 is 2.24 bits per heavy atom. The predicted octanol–water partition coefficient (Wildman–Crippen LogP) is 1.96. The number of carbonyl (C=O) groups excluding carboxylic acids is 1. The van der Waals surface area contributed by atoms with Gasteiger partial charge in [0.1, 0.15) is 5.82 Å². The van der Waals surface area contributed by atoms with Gasteiger partial charge in [-0.1, -0.05) is 0 Å². The topological polar surface area (TPSA) is 40.5 Å². The zero-order valence-corrected chi connectivity index (χ0v) is 10.7. The van der Waals surface area contributed by atoms with Crippen molar-refractivity contribution < 1.29 is 14.3 Å². The van der Waals surface area contributed by atoms with E-state index in [9.17, 15) is 9.18 Å². The highest BCUT2D eigenvalue weighted by atomic mass is 32.1. The lowest BCUT2D eigenvalue weighted by atomic mass is 10.2. The van der Waals surface area contributed by atoms with Crippen LogP contribution in [0.5, 0.6) is 0 Å². The number of rotatable bonds is 4. The zero-order chi connectivity index (χ0) is 13.0. The van der Waals surface area contributed by atoms with Crippen LogP contribution in [-0.2, 0) is 0 Å². The smallest absolute Gasteiger partial charge is 0.253 e. The summed E-state index contributed by atoms with van der Waals surface area (Å²) in [5.41, 5.74) is 0.393. The first-order valence-electron chi connectivity index (χ1n) is 5.34. The number of hydrogen-bond donors (Lipinski definition) is 2. The van der Waals surface area contributed by atoms with Crippen LogP contribution in [0.3, 0.4) is 0 Å². The summed E-state index contributed by atoms with van der Waals surface area (Å²) in [6, 6.07) is 4.05. The molecule has 1 aromatic rings. The van der Waals surface area contributed by atoms with Crippen LogP contribution in [0.25, 0.3) is 0 Å². The van der Waals surface area contributed by atoms with Crippen LogP contribution in [0.2, 0.25) is 0 Å². The Labute approximate surface area is 106 Å². The zero-order valence-electron chi connectivity index (χ0n) is 9.85. The van der Waals surface area contributed by atoms with Crippen molar-refractivity contribution in [3.05, 3.63) is 29.6 Å². The number of nitrogens with zero attached hydrogens (tertiary/aromatic N) is 1. The minimum atomic E-state index is -0.448. The Morgan fingerprint density at radius 1 is 1.59 bits per heavy atom. The van der Waals surface area contributed by atoms with Crippen LogP contribution < -0.4 is 0 Å². The molecule has 0 saturated carbocycles. The predicted molar refractivity (Wildman–Crippen MR) is 66.9 cm³/mol. The number of amides is 1. The average molecular weight is 257 g/mol. The van der Waals surface area contributed by atoms with Gasteiger partial charge in [-0.3, -0.25) is 4.79 Å². The van der Waals surface area contributed by atoms with Gasteiger partial charge in [-0.15, -0.1) is 12.6 Å². The summed E-state index contributed by atoms with van der Waals surface area (Å²) < 4.78 is 13.0. The van der Waals surface area contributed by atoms with E-state index in [-0.39, 0.29) is 10.8 Å². The number of carbonyl (C=O) groups is 1. The van der Waals surface area contributed by atoms with E-state index in [0.29, 0.717) is 18.5 Å². The Bertz CT molecular complexity index is 409. The molecular formula is C12H16FNO2S. The molecule has 3 nitrogen and oxygen atoms in total. The minimum absolute atomic E-state index is 0.153. The SMILES string of the molecule is CC(O)CCN(C)C(=O)c1ccc(F)c(S)c1. The van der Waals surface area contributed by atoms with E-state index < -0.39 is 11.9 Å². The molecule has 0 bridgehead atoms. The second-order valence-corrected chi connectivity index (χ2v) is 4.51. The van der Waals surface area contributed by atoms with Crippen molar-refractivity contribution in [2.75, 3.05) is 13.6 Å². The Balaban J connectivity index is 2.71. The fraction of sp³-hybridized carbons (Fsp3) is 0.417. The van der Waals surface area contributed by atoms with E-state index in [0.717, 1.165) is 0 Å². The van der Waals surface area contributed by atoms with E-state index in [4.69, 9.17) is 5.11 Å². The number of aliphatic hydroxyl groups is 1. The summed E-state index contributed by atoms with van der Waals surface area (Å²) in [7, 11) is 1.65. The van der Waals surface area contributed by atoms with Crippen molar-refractivity contribution in [1.29, 1.82) is 0 Å². The van der Waals surface area contributed by atoms with Crippen LogP contribution >= 0.6 is 12.6 Å². The van der Waals surface area contributed by atoms with E-state index in [2.05, 4.69) is 12.6 Å². The third-order valence-electron chi connectivity index (χ3n) is 2.42. The lowest BCUT2D eigenvalue weighted by Gasteiger charge is -2.18. The molecule has 1 N–H and O–H groups in total. The van der Waals surface area contributed by atoms with Crippen molar-refractivity contribution in [2.45, 2.75) is 24.3 Å². The number of benzene rings is 1. The molecule has 0 spiro atoms. The molecule has 94 valence electrons. The molecule has 1 rings (SSSR count). The molecule has 1 atom stereocenters. The molecule has 0 heterocycles. The van der Waals surface area contributed by atoms with Crippen molar-refractivity contribution in [3.8, 4) is 0 Å². The molecule has 5 heteroatoms. The lowest BCUT2D eigenvalue weighted by molar-refractivity contribution is 0.0768. The number of thiol groups is 1. The Morgan fingerprint density at radius 3 is 2.76 bits per heavy atom. The van der Waals surface area contributed by atoms with Crippen LogP contribution in [0.1, 0.15) is 23.7 Å². The van der Waals surface area contributed by atoms with Crippen molar-refractivity contribution in [1.82, 2.24) is 4.90 Å². The summed E-state index contributed by atoms with van der Waals surface area (Å²) in [5.74, 6) is -0.655. The maximum absolute atomic E-state index is 13.0. The van der Waals surface area contributed by atoms with E-state index in [1.165, 1.54) is 23.1 Å². The highest BCUT2D eigenvalue weighted by Gasteiger charge is 2.13. The normalized spacial score (nSPS) is 12.3. The lowest BCUT2D eigenvalue weighted by Crippen LogP contribution is -2.29. The molecule has 0 radical (unpaired) electrons. The Kier molecular flexibility index (Phi) is 4.96. The monoisotopic (exact) mass is 257 g/mol. The average Bonchev–Trinajstić information content (AvgIpc) is 2.28. The second-order valence-electron chi connectivity index (χ2n) is 4.03. The van der Waals surface area contributed by atoms with E-state index in [1.807, 2.05) is 0 Å². The highest BCUT2D eigenvalue weighted by Crippen LogP contribution is 2.15. The van der Waals surface area contributed by atoms with Crippen LogP contribution in [0.15, 0.2) is 23.1 Å². The van der Waals surface area contributed by atoms with Gasteiger partial charge in [-0.25, -0.2) is 4.39 Å². The highest BCUT2D eigenvalue weighted by molar-refractivity contribution is 7.80. The first kappa shape index (κ1) is 14.0. The van der Waals surface area contributed by atoms with Crippen LogP contribution in [-0.4, -0.2) is 35.6 Å². The van der Waals surface area contributed by atoms with Gasteiger partial charge in [-0.05, 0) is 31.5 Å². The molecule has 0 aliphatic rings. The molecule has 1 aromatic carbocycles. The third-order valence-corrected chi connectivity index (χ3v) is 2.76.